The highest BCUT2D eigenvalue weighted by atomic mass is 35.5. The van der Waals surface area contributed by atoms with Gasteiger partial charge in [-0.25, -0.2) is 14.8 Å². The van der Waals surface area contributed by atoms with Crippen LogP contribution in [0.2, 0.25) is 5.15 Å². The highest BCUT2D eigenvalue weighted by Gasteiger charge is 2.48. The lowest BCUT2D eigenvalue weighted by Crippen LogP contribution is -2.47. The second-order valence-electron chi connectivity index (χ2n) is 5.49. The lowest BCUT2D eigenvalue weighted by Gasteiger charge is -2.38. The predicted octanol–water partition coefficient (Wildman–Crippen LogP) is 1.95. The Morgan fingerprint density at radius 3 is 2.83 bits per heavy atom. The first-order valence-electron chi connectivity index (χ1n) is 7.20. The van der Waals surface area contributed by atoms with Crippen molar-refractivity contribution in [3.63, 3.8) is 0 Å². The number of nitrogens with zero attached hydrogens (tertiary/aromatic N) is 5. The van der Waals surface area contributed by atoms with Crippen molar-refractivity contribution in [3.05, 3.63) is 47.4 Å². The van der Waals surface area contributed by atoms with E-state index in [9.17, 15) is 4.79 Å². The zero-order chi connectivity index (χ0) is 15.9. The number of pyridine rings is 2. The summed E-state index contributed by atoms with van der Waals surface area (Å²) in [4.78, 5) is 27.5. The van der Waals surface area contributed by atoms with Gasteiger partial charge in [0.15, 0.2) is 0 Å². The Kier molecular flexibility index (Phi) is 3.23. The molecular weight excluding hydrogens is 318 g/mol. The third-order valence-electron chi connectivity index (χ3n) is 4.23. The van der Waals surface area contributed by atoms with E-state index in [2.05, 4.69) is 20.3 Å². The first kappa shape index (κ1) is 14.1. The molecule has 0 aliphatic heterocycles. The summed E-state index contributed by atoms with van der Waals surface area (Å²) in [6.07, 6.45) is 5.58. The van der Waals surface area contributed by atoms with E-state index in [0.717, 1.165) is 16.8 Å². The first-order valence-corrected chi connectivity index (χ1v) is 7.58. The summed E-state index contributed by atoms with van der Waals surface area (Å²) in [7, 11) is 0. The van der Waals surface area contributed by atoms with Gasteiger partial charge in [-0.3, -0.25) is 0 Å². The van der Waals surface area contributed by atoms with Crippen LogP contribution in [-0.4, -0.2) is 31.1 Å². The van der Waals surface area contributed by atoms with Gasteiger partial charge in [0.1, 0.15) is 10.7 Å². The smallest absolute Gasteiger partial charge is 0.315 e. The van der Waals surface area contributed by atoms with Gasteiger partial charge < -0.3 is 4.84 Å². The Labute approximate surface area is 136 Å². The van der Waals surface area contributed by atoms with E-state index < -0.39 is 5.41 Å². The van der Waals surface area contributed by atoms with Crippen molar-refractivity contribution in [1.29, 1.82) is 0 Å². The molecule has 0 atom stereocenters. The van der Waals surface area contributed by atoms with Gasteiger partial charge in [-0.2, -0.15) is 0 Å². The van der Waals surface area contributed by atoms with Gasteiger partial charge in [-0.15, -0.1) is 5.10 Å². The molecule has 7 nitrogen and oxygen atoms in total. The molecule has 1 aliphatic rings. The zero-order valence-electron chi connectivity index (χ0n) is 12.0. The van der Waals surface area contributed by atoms with Crippen LogP contribution in [0.4, 0.5) is 0 Å². The molecule has 0 amide bonds. The van der Waals surface area contributed by atoms with Crippen molar-refractivity contribution >= 4 is 28.7 Å². The molecule has 116 valence electrons. The second-order valence-corrected chi connectivity index (χ2v) is 5.88. The van der Waals surface area contributed by atoms with E-state index in [1.54, 1.807) is 30.6 Å². The normalized spacial score (nSPS) is 16.0. The van der Waals surface area contributed by atoms with Crippen LogP contribution in [0, 0.1) is 0 Å². The number of rotatable bonds is 3. The van der Waals surface area contributed by atoms with Crippen molar-refractivity contribution < 1.29 is 9.63 Å². The van der Waals surface area contributed by atoms with Crippen molar-refractivity contribution in [2.45, 2.75) is 24.7 Å². The minimum atomic E-state index is -0.704. The van der Waals surface area contributed by atoms with Crippen LogP contribution in [0.5, 0.6) is 0 Å². The lowest BCUT2D eigenvalue weighted by atomic mass is 9.65. The summed E-state index contributed by atoms with van der Waals surface area (Å²) in [6, 6.07) is 6.99. The van der Waals surface area contributed by atoms with Crippen LogP contribution in [0.15, 0.2) is 36.7 Å². The molecular formula is C15H12ClN5O2. The van der Waals surface area contributed by atoms with Gasteiger partial charge >= 0.3 is 5.97 Å². The van der Waals surface area contributed by atoms with Gasteiger partial charge in [0.05, 0.1) is 5.41 Å². The molecule has 0 bridgehead atoms. The van der Waals surface area contributed by atoms with Gasteiger partial charge in [0.25, 0.3) is 0 Å². The molecule has 0 radical (unpaired) electrons. The molecule has 0 N–H and O–H groups in total. The Balaban J connectivity index is 1.66. The molecule has 1 saturated carbocycles. The molecule has 0 aromatic carbocycles. The molecule has 0 saturated heterocycles. The van der Waals surface area contributed by atoms with Gasteiger partial charge in [-0.1, -0.05) is 24.1 Å². The number of halogens is 1. The summed E-state index contributed by atoms with van der Waals surface area (Å²) in [5.74, 6) is -0.384. The quantitative estimate of drug-likeness (QED) is 0.539. The fourth-order valence-electron chi connectivity index (χ4n) is 2.77. The van der Waals surface area contributed by atoms with Gasteiger partial charge in [0.2, 0.25) is 5.65 Å². The number of carbonyl (C=O) groups is 1. The minimum Gasteiger partial charge on any atom is -0.315 e. The van der Waals surface area contributed by atoms with E-state index >= 15 is 0 Å². The Morgan fingerprint density at radius 2 is 2.13 bits per heavy atom. The van der Waals surface area contributed by atoms with E-state index in [1.165, 1.54) is 0 Å². The van der Waals surface area contributed by atoms with E-state index in [1.807, 2.05) is 6.07 Å². The predicted molar refractivity (Wildman–Crippen MR) is 81.7 cm³/mol. The Hall–Kier alpha value is -2.54. The van der Waals surface area contributed by atoms with Crippen LogP contribution in [0.25, 0.3) is 11.2 Å². The van der Waals surface area contributed by atoms with Crippen molar-refractivity contribution in [2.24, 2.45) is 0 Å². The number of hydrogen-bond donors (Lipinski definition) is 0. The third kappa shape index (κ3) is 2.24. The van der Waals surface area contributed by atoms with Crippen LogP contribution < -0.4 is 4.84 Å². The SMILES string of the molecule is O=C(On1nnc2cccnc21)C1(c2ccc(Cl)nc2)CCC1. The van der Waals surface area contributed by atoms with Crippen LogP contribution in [0.3, 0.4) is 0 Å². The molecule has 8 heteroatoms. The number of hydrogen-bond acceptors (Lipinski definition) is 6. The highest BCUT2D eigenvalue weighted by molar-refractivity contribution is 6.29. The van der Waals surface area contributed by atoms with Crippen molar-refractivity contribution in [2.75, 3.05) is 0 Å². The monoisotopic (exact) mass is 329 g/mol. The molecule has 0 spiro atoms. The molecule has 0 unspecified atom stereocenters. The average molecular weight is 330 g/mol. The maximum Gasteiger partial charge on any atom is 0.345 e. The molecule has 1 fully saturated rings. The Bertz CT molecular complexity index is 873. The first-order chi connectivity index (χ1) is 11.2. The molecule has 3 heterocycles. The van der Waals surface area contributed by atoms with E-state index in [0.29, 0.717) is 29.2 Å². The summed E-state index contributed by atoms with van der Waals surface area (Å²) < 4.78 is 0. The number of fused-ring (bicyclic) bond motifs is 1. The summed E-state index contributed by atoms with van der Waals surface area (Å²) in [6.45, 7) is 0. The topological polar surface area (TPSA) is 82.8 Å². The van der Waals surface area contributed by atoms with Crippen LogP contribution >= 0.6 is 11.6 Å². The molecule has 1 aliphatic carbocycles. The van der Waals surface area contributed by atoms with Crippen molar-refractivity contribution in [1.82, 2.24) is 25.1 Å². The van der Waals surface area contributed by atoms with Gasteiger partial charge in [-0.05, 0) is 46.7 Å². The van der Waals surface area contributed by atoms with Crippen LogP contribution in [-0.2, 0) is 10.2 Å². The molecule has 3 aromatic rings. The molecule has 23 heavy (non-hydrogen) atoms. The summed E-state index contributed by atoms with van der Waals surface area (Å²) in [5, 5.41) is 8.16. The summed E-state index contributed by atoms with van der Waals surface area (Å²) >= 11 is 5.83. The fourth-order valence-corrected chi connectivity index (χ4v) is 2.88. The lowest BCUT2D eigenvalue weighted by molar-refractivity contribution is -0.156. The minimum absolute atomic E-state index is 0.384. The molecule has 4 rings (SSSR count). The summed E-state index contributed by atoms with van der Waals surface area (Å²) in [5.41, 5.74) is 1.07. The highest BCUT2D eigenvalue weighted by Crippen LogP contribution is 2.44. The molecule has 3 aromatic heterocycles. The average Bonchev–Trinajstić information content (AvgIpc) is 2.91. The van der Waals surface area contributed by atoms with Crippen molar-refractivity contribution in [3.8, 4) is 0 Å². The van der Waals surface area contributed by atoms with Gasteiger partial charge in [0, 0.05) is 12.4 Å². The zero-order valence-corrected chi connectivity index (χ0v) is 12.8. The fraction of sp³-hybridized carbons (Fsp3) is 0.267. The maximum absolute atomic E-state index is 12.7. The maximum atomic E-state index is 12.7. The Morgan fingerprint density at radius 1 is 1.26 bits per heavy atom. The van der Waals surface area contributed by atoms with Crippen LogP contribution in [0.1, 0.15) is 24.8 Å². The van der Waals surface area contributed by atoms with E-state index in [-0.39, 0.29) is 5.97 Å². The second kappa shape index (κ2) is 5.27. The number of aromatic nitrogens is 5. The third-order valence-corrected chi connectivity index (χ3v) is 4.45. The largest absolute Gasteiger partial charge is 0.345 e. The van der Waals surface area contributed by atoms with E-state index in [4.69, 9.17) is 16.4 Å². The standard InChI is InChI=1S/C15H12ClN5O2/c16-12-5-4-10(9-18-12)15(6-2-7-15)14(22)23-21-13-11(19-20-21)3-1-8-17-13/h1,3-5,8-9H,2,6-7H2. The number of carbonyl (C=O) groups excluding carboxylic acids is 1.